The predicted octanol–water partition coefficient (Wildman–Crippen LogP) is 3.46. The zero-order chi connectivity index (χ0) is 53.6. The van der Waals surface area contributed by atoms with Crippen LogP contribution < -0.4 is 41.1 Å². The Bertz CT molecular complexity index is 2830. The summed E-state index contributed by atoms with van der Waals surface area (Å²) in [4.78, 5) is 100. The molecule has 73 heavy (non-hydrogen) atoms. The number of ether oxygens (including phenoxy) is 1. The lowest BCUT2D eigenvalue weighted by Crippen LogP contribution is -2.58. The predicted molar refractivity (Wildman–Crippen MR) is 265 cm³/mol. The maximum atomic E-state index is 14.0. The van der Waals surface area contributed by atoms with Gasteiger partial charge in [0.15, 0.2) is 11.7 Å². The van der Waals surface area contributed by atoms with Gasteiger partial charge in [-0.2, -0.15) is 18.4 Å². The second kappa shape index (κ2) is 22.5. The largest absolute Gasteiger partial charge is 0.484 e. The van der Waals surface area contributed by atoms with Gasteiger partial charge < -0.3 is 46.2 Å². The zero-order valence-corrected chi connectivity index (χ0v) is 42.1. The number of aliphatic hydroxyl groups excluding tert-OH is 1. The van der Waals surface area contributed by atoms with Crippen molar-refractivity contribution in [3.8, 4) is 22.3 Å². The minimum absolute atomic E-state index is 0.00364. The average molecular weight is 1050 g/mol. The number of thiocarbonyl (C=S) groups is 1. The molecule has 3 aromatic carbocycles. The molecule has 2 unspecified atom stereocenters. The van der Waals surface area contributed by atoms with Crippen LogP contribution in [0.4, 0.5) is 24.5 Å². The van der Waals surface area contributed by atoms with Gasteiger partial charge in [0.1, 0.15) is 23.4 Å². The number of halogens is 3. The maximum absolute atomic E-state index is 14.0. The van der Waals surface area contributed by atoms with Crippen molar-refractivity contribution >= 4 is 81.4 Å². The number of aromatic nitrogens is 1. The molecule has 0 saturated carbocycles. The molecule has 3 atom stereocenters. The van der Waals surface area contributed by atoms with Crippen LogP contribution in [-0.4, -0.2) is 118 Å². The lowest BCUT2D eigenvalue weighted by atomic mass is 9.85. The van der Waals surface area contributed by atoms with Gasteiger partial charge in [0.25, 0.3) is 11.8 Å². The molecule has 3 heterocycles. The van der Waals surface area contributed by atoms with E-state index in [0.29, 0.717) is 11.8 Å². The Morgan fingerprint density at radius 2 is 1.51 bits per heavy atom. The Labute approximate surface area is 427 Å². The first kappa shape index (κ1) is 54.8. The standard InChI is InChI=1S/C49H53F3N10O9S2/c1-27-41(73-26-58-27)29-9-7-28(8-10-29)20-57-43(68)36-18-33(63)24-60(36)44(69)42(47(2,3)4)59-39(66)23-55-37(64)21-54-38(65)22-56-40(67)25-71-34-15-13-31(14-16-34)62-46(72)61(45(70)48(62,5)6)32-12-11-30(19-53)35(17-32)49(50,51)52/h7-17,26,33,36,42,63H,18,20-25H2,1-6H3,(H,54,65)(H,55,64)(H,56,67)(H,57,68)(H,59,66)/t33-,36?,42?/m1/s1. The minimum atomic E-state index is -4.86. The van der Waals surface area contributed by atoms with E-state index >= 15 is 0 Å². The van der Waals surface area contributed by atoms with Crippen LogP contribution in [0, 0.1) is 23.7 Å². The van der Waals surface area contributed by atoms with Crippen molar-refractivity contribution in [2.24, 2.45) is 5.41 Å². The lowest BCUT2D eigenvalue weighted by Gasteiger charge is -2.35. The van der Waals surface area contributed by atoms with Crippen molar-refractivity contribution in [3.63, 3.8) is 0 Å². The minimum Gasteiger partial charge on any atom is -0.484 e. The molecule has 19 nitrogen and oxygen atoms in total. The number of nitrogens with zero attached hydrogens (tertiary/aromatic N) is 5. The first-order valence-corrected chi connectivity index (χ1v) is 24.0. The van der Waals surface area contributed by atoms with Crippen LogP contribution in [0.1, 0.15) is 63.4 Å². The summed E-state index contributed by atoms with van der Waals surface area (Å²) >= 11 is 7.09. The summed E-state index contributed by atoms with van der Waals surface area (Å²) < 4.78 is 46.7. The van der Waals surface area contributed by atoms with Crippen molar-refractivity contribution in [2.75, 3.05) is 42.6 Å². The van der Waals surface area contributed by atoms with Gasteiger partial charge in [-0.05, 0) is 92.0 Å². The number of thiazole rings is 1. The third-order valence-electron chi connectivity index (χ3n) is 11.9. The Balaban J connectivity index is 0.915. The molecule has 6 N–H and O–H groups in total. The number of carbonyl (C=O) groups excluding carboxylic acids is 7. The van der Waals surface area contributed by atoms with Crippen molar-refractivity contribution in [1.29, 1.82) is 5.26 Å². The van der Waals surface area contributed by atoms with E-state index in [9.17, 15) is 57.1 Å². The Kier molecular flexibility index (Phi) is 16.9. The van der Waals surface area contributed by atoms with Gasteiger partial charge in [0.05, 0.1) is 64.7 Å². The molecule has 24 heteroatoms. The number of likely N-dealkylation sites (tertiary alicyclic amines) is 1. The first-order chi connectivity index (χ1) is 34.3. The number of hydrogen-bond acceptors (Lipinski definition) is 13. The van der Waals surface area contributed by atoms with Gasteiger partial charge in [-0.15, -0.1) is 11.3 Å². The summed E-state index contributed by atoms with van der Waals surface area (Å²) in [5, 5.41) is 32.1. The molecule has 0 bridgehead atoms. The molecule has 2 aliphatic rings. The number of rotatable bonds is 17. The summed E-state index contributed by atoms with van der Waals surface area (Å²) in [6.45, 7) is 7.99. The van der Waals surface area contributed by atoms with Crippen LogP contribution >= 0.6 is 23.6 Å². The number of carbonyl (C=O) groups is 7. The third kappa shape index (κ3) is 13.1. The van der Waals surface area contributed by atoms with Crippen LogP contribution in [0.15, 0.2) is 72.2 Å². The first-order valence-electron chi connectivity index (χ1n) is 22.7. The highest BCUT2D eigenvalue weighted by atomic mass is 32.1. The fourth-order valence-electron chi connectivity index (χ4n) is 8.00. The number of alkyl halides is 3. The molecule has 1 aromatic heterocycles. The molecular formula is C49H53F3N10O9S2. The highest BCUT2D eigenvalue weighted by molar-refractivity contribution is 7.81. The number of nitriles is 1. The summed E-state index contributed by atoms with van der Waals surface area (Å²) in [5.74, 6) is -4.41. The number of amides is 7. The second-order valence-corrected chi connectivity index (χ2v) is 19.9. The van der Waals surface area contributed by atoms with Gasteiger partial charge in [-0.25, -0.2) is 4.98 Å². The second-order valence-electron chi connectivity index (χ2n) is 18.7. The Morgan fingerprint density at radius 3 is 2.08 bits per heavy atom. The Hall–Kier alpha value is -7.49. The number of aryl methyl sites for hydroxylation is 1. The van der Waals surface area contributed by atoms with E-state index < -0.39 is 114 Å². The fraction of sp³-hybridized carbons (Fsp3) is 0.388. The molecular weight excluding hydrogens is 994 g/mol. The topological polar surface area (TPSA) is 255 Å². The van der Waals surface area contributed by atoms with E-state index in [0.717, 1.165) is 32.7 Å². The van der Waals surface area contributed by atoms with E-state index in [-0.39, 0.29) is 36.1 Å². The fourth-order valence-corrected chi connectivity index (χ4v) is 9.34. The molecule has 2 saturated heterocycles. The summed E-state index contributed by atoms with van der Waals surface area (Å²) in [7, 11) is 0. The number of anilines is 2. The van der Waals surface area contributed by atoms with Crippen LogP contribution in [0.25, 0.3) is 10.4 Å². The zero-order valence-electron chi connectivity index (χ0n) is 40.5. The summed E-state index contributed by atoms with van der Waals surface area (Å²) in [6, 6.07) is 15.8. The summed E-state index contributed by atoms with van der Waals surface area (Å²) in [6.07, 6.45) is -5.84. The maximum Gasteiger partial charge on any atom is 0.417 e. The molecule has 7 amide bonds. The quantitative estimate of drug-likeness (QED) is 0.0830. The van der Waals surface area contributed by atoms with Gasteiger partial charge in [0, 0.05) is 25.2 Å². The van der Waals surface area contributed by atoms with Crippen LogP contribution in [0.5, 0.6) is 5.75 Å². The molecule has 2 aliphatic heterocycles. The molecule has 6 rings (SSSR count). The number of β-amino-alcohol motifs (C(OH)–C–C–N with tert-alkyl or cyclic N) is 1. The molecule has 4 aromatic rings. The molecule has 0 radical (unpaired) electrons. The normalized spacial score (nSPS) is 16.9. The van der Waals surface area contributed by atoms with E-state index in [4.69, 9.17) is 17.0 Å². The van der Waals surface area contributed by atoms with Crippen molar-refractivity contribution in [3.05, 3.63) is 94.6 Å². The SMILES string of the molecule is Cc1ncsc1-c1ccc(CNC(=O)C2C[C@@H](O)CN2C(=O)C(NC(=O)CNC(=O)CNC(=O)CNC(=O)COc2ccc(N3C(=S)N(c4ccc(C#N)c(C(F)(F)F)c4)C(=O)C3(C)C)cc2)C(C)(C)C)cc1. The smallest absolute Gasteiger partial charge is 0.417 e. The van der Waals surface area contributed by atoms with Crippen molar-refractivity contribution in [2.45, 2.75) is 84.4 Å². The van der Waals surface area contributed by atoms with E-state index in [1.165, 1.54) is 71.4 Å². The highest BCUT2D eigenvalue weighted by Gasteiger charge is 2.51. The van der Waals surface area contributed by atoms with Gasteiger partial charge in [-0.3, -0.25) is 38.5 Å². The van der Waals surface area contributed by atoms with Crippen LogP contribution in [-0.2, 0) is 46.3 Å². The number of benzene rings is 3. The number of aliphatic hydroxyl groups is 1. The van der Waals surface area contributed by atoms with E-state index in [2.05, 4.69) is 31.6 Å². The highest BCUT2D eigenvalue weighted by Crippen LogP contribution is 2.40. The van der Waals surface area contributed by atoms with E-state index in [1.54, 1.807) is 26.3 Å². The Morgan fingerprint density at radius 1 is 0.904 bits per heavy atom. The third-order valence-corrected chi connectivity index (χ3v) is 13.2. The molecule has 386 valence electrons. The van der Waals surface area contributed by atoms with Crippen molar-refractivity contribution in [1.82, 2.24) is 36.5 Å². The van der Waals surface area contributed by atoms with Crippen LogP contribution in [0.2, 0.25) is 0 Å². The lowest BCUT2D eigenvalue weighted by molar-refractivity contribution is -0.144. The molecule has 0 spiro atoms. The monoisotopic (exact) mass is 1050 g/mol. The number of hydrogen-bond donors (Lipinski definition) is 6. The van der Waals surface area contributed by atoms with Gasteiger partial charge in [0.2, 0.25) is 29.5 Å². The summed E-state index contributed by atoms with van der Waals surface area (Å²) in [5.41, 5.74) is 0.694. The van der Waals surface area contributed by atoms with Crippen LogP contribution in [0.3, 0.4) is 0 Å². The van der Waals surface area contributed by atoms with Crippen molar-refractivity contribution < 1.29 is 56.6 Å². The molecule has 0 aliphatic carbocycles. The van der Waals surface area contributed by atoms with Gasteiger partial charge >= 0.3 is 6.18 Å². The molecule has 2 fully saturated rings. The van der Waals surface area contributed by atoms with Gasteiger partial charge in [-0.1, -0.05) is 45.0 Å². The number of nitrogens with one attached hydrogen (secondary N) is 5. The van der Waals surface area contributed by atoms with E-state index in [1.807, 2.05) is 31.2 Å². The average Bonchev–Trinajstić information content (AvgIpc) is 4.01.